The number of rotatable bonds is 5. The highest BCUT2D eigenvalue weighted by Gasteiger charge is 2.25. The van der Waals surface area contributed by atoms with Crippen LogP contribution >= 0.6 is 0 Å². The maximum absolute atomic E-state index is 12.4. The number of aromatic amines is 1. The number of hydrogen-bond acceptors (Lipinski definition) is 2. The molecule has 1 aliphatic rings. The van der Waals surface area contributed by atoms with Gasteiger partial charge in [0.25, 0.3) is 0 Å². The molecule has 5 heteroatoms. The molecule has 1 unspecified atom stereocenters. The predicted octanol–water partition coefficient (Wildman–Crippen LogP) is 3.24. The summed E-state index contributed by atoms with van der Waals surface area (Å²) in [7, 11) is 0. The lowest BCUT2D eigenvalue weighted by Crippen LogP contribution is -2.45. The molecule has 1 saturated heterocycles. The minimum absolute atomic E-state index is 0.0511. The van der Waals surface area contributed by atoms with Crippen molar-refractivity contribution in [3.05, 3.63) is 53.6 Å². The highest BCUT2D eigenvalue weighted by atomic mass is 16.2. The second-order valence-corrected chi connectivity index (χ2v) is 6.58. The summed E-state index contributed by atoms with van der Waals surface area (Å²) >= 11 is 0. The van der Waals surface area contributed by atoms with Gasteiger partial charge in [-0.05, 0) is 38.2 Å². The van der Waals surface area contributed by atoms with Gasteiger partial charge in [0.2, 0.25) is 0 Å². The van der Waals surface area contributed by atoms with Gasteiger partial charge >= 0.3 is 6.03 Å². The molecule has 2 aromatic rings. The molecule has 1 atom stereocenters. The van der Waals surface area contributed by atoms with Gasteiger partial charge in [0.15, 0.2) is 0 Å². The second-order valence-electron chi connectivity index (χ2n) is 6.58. The van der Waals surface area contributed by atoms with Crippen LogP contribution in [0.2, 0.25) is 0 Å². The van der Waals surface area contributed by atoms with Gasteiger partial charge in [0.1, 0.15) is 5.82 Å². The zero-order valence-corrected chi connectivity index (χ0v) is 14.3. The maximum atomic E-state index is 12.4. The lowest BCUT2D eigenvalue weighted by molar-refractivity contribution is 0.178. The van der Waals surface area contributed by atoms with Crippen molar-refractivity contribution in [3.8, 4) is 0 Å². The van der Waals surface area contributed by atoms with Crippen LogP contribution in [0.3, 0.4) is 0 Å². The molecule has 2 heterocycles. The highest BCUT2D eigenvalue weighted by Crippen LogP contribution is 2.24. The number of aryl methyl sites for hydroxylation is 2. The molecule has 1 aromatic carbocycles. The van der Waals surface area contributed by atoms with E-state index < -0.39 is 0 Å². The van der Waals surface area contributed by atoms with Gasteiger partial charge in [0, 0.05) is 37.9 Å². The van der Waals surface area contributed by atoms with E-state index >= 15 is 0 Å². The molecular weight excluding hydrogens is 300 g/mol. The summed E-state index contributed by atoms with van der Waals surface area (Å²) < 4.78 is 0. The first-order valence-corrected chi connectivity index (χ1v) is 8.80. The molecule has 24 heavy (non-hydrogen) atoms. The lowest BCUT2D eigenvalue weighted by atomic mass is 9.98. The Hall–Kier alpha value is -2.30. The van der Waals surface area contributed by atoms with E-state index in [1.807, 2.05) is 11.1 Å². The Balaban J connectivity index is 1.40. The van der Waals surface area contributed by atoms with Crippen LogP contribution in [-0.4, -0.2) is 40.5 Å². The van der Waals surface area contributed by atoms with Crippen LogP contribution in [0.25, 0.3) is 0 Å². The minimum atomic E-state index is 0.0511. The summed E-state index contributed by atoms with van der Waals surface area (Å²) in [5.74, 6) is 1.32. The van der Waals surface area contributed by atoms with Gasteiger partial charge in [-0.2, -0.15) is 0 Å². The van der Waals surface area contributed by atoms with Crippen molar-refractivity contribution >= 4 is 6.03 Å². The average Bonchev–Trinajstić information content (AvgIpc) is 3.15. The number of aromatic nitrogens is 2. The number of H-pyrrole nitrogens is 1. The number of hydrogen-bond donors (Lipinski definition) is 2. The molecule has 0 radical (unpaired) electrons. The minimum Gasteiger partial charge on any atom is -0.348 e. The third-order valence-electron chi connectivity index (χ3n) is 4.65. The Morgan fingerprint density at radius 1 is 1.38 bits per heavy atom. The van der Waals surface area contributed by atoms with Crippen LogP contribution in [0.15, 0.2) is 36.7 Å². The number of nitrogens with one attached hydrogen (secondary N) is 2. The van der Waals surface area contributed by atoms with E-state index in [2.05, 4.69) is 46.5 Å². The fourth-order valence-corrected chi connectivity index (χ4v) is 3.24. The number of nitrogens with zero attached hydrogens (tertiary/aromatic N) is 2. The second kappa shape index (κ2) is 7.99. The zero-order valence-electron chi connectivity index (χ0n) is 14.3. The monoisotopic (exact) mass is 326 g/mol. The molecular formula is C19H26N4O. The number of likely N-dealkylation sites (tertiary alicyclic amines) is 1. The Labute approximate surface area is 143 Å². The molecule has 0 aliphatic carbocycles. The van der Waals surface area contributed by atoms with Crippen LogP contribution in [0.4, 0.5) is 4.79 Å². The first-order chi connectivity index (χ1) is 11.7. The summed E-state index contributed by atoms with van der Waals surface area (Å²) in [6.45, 7) is 4.39. The molecule has 2 amide bonds. The van der Waals surface area contributed by atoms with Gasteiger partial charge in [-0.15, -0.1) is 0 Å². The molecule has 0 spiro atoms. The van der Waals surface area contributed by atoms with E-state index in [0.717, 1.165) is 44.6 Å². The van der Waals surface area contributed by atoms with Crippen LogP contribution < -0.4 is 5.32 Å². The van der Waals surface area contributed by atoms with Crippen molar-refractivity contribution in [1.29, 1.82) is 0 Å². The van der Waals surface area contributed by atoms with E-state index in [4.69, 9.17) is 0 Å². The number of carbonyl (C=O) groups excluding carboxylic acids is 1. The standard InChI is InChI=1S/C19H26N4O/c1-15-6-8-16(9-7-15)4-2-10-22-19(24)23-13-3-5-17(14-23)18-20-11-12-21-18/h6-9,11-12,17H,2-5,10,13-14H2,1H3,(H,20,21)(H,22,24). The zero-order chi connectivity index (χ0) is 16.8. The van der Waals surface area contributed by atoms with E-state index in [1.54, 1.807) is 6.20 Å². The van der Waals surface area contributed by atoms with E-state index in [0.29, 0.717) is 12.5 Å². The maximum Gasteiger partial charge on any atom is 0.317 e. The Kier molecular flexibility index (Phi) is 5.51. The normalized spacial score (nSPS) is 17.7. The lowest BCUT2D eigenvalue weighted by Gasteiger charge is -2.31. The van der Waals surface area contributed by atoms with Crippen molar-refractivity contribution in [2.24, 2.45) is 0 Å². The van der Waals surface area contributed by atoms with E-state index in [1.165, 1.54) is 11.1 Å². The van der Waals surface area contributed by atoms with Gasteiger partial charge in [0.05, 0.1) is 0 Å². The molecule has 1 fully saturated rings. The quantitative estimate of drug-likeness (QED) is 0.829. The number of benzene rings is 1. The van der Waals surface area contributed by atoms with Crippen molar-refractivity contribution < 1.29 is 4.79 Å². The number of amides is 2. The summed E-state index contributed by atoms with van der Waals surface area (Å²) in [6.07, 6.45) is 7.70. The number of urea groups is 1. The molecule has 0 bridgehead atoms. The Bertz CT molecular complexity index is 636. The van der Waals surface area contributed by atoms with Crippen molar-refractivity contribution in [3.63, 3.8) is 0 Å². The third kappa shape index (κ3) is 4.37. The summed E-state index contributed by atoms with van der Waals surface area (Å²) in [5, 5.41) is 3.06. The fraction of sp³-hybridized carbons (Fsp3) is 0.474. The highest BCUT2D eigenvalue weighted by molar-refractivity contribution is 5.74. The molecule has 0 saturated carbocycles. The molecule has 3 rings (SSSR count). The van der Waals surface area contributed by atoms with Gasteiger partial charge < -0.3 is 15.2 Å². The molecule has 1 aromatic heterocycles. The smallest absolute Gasteiger partial charge is 0.317 e. The fourth-order valence-electron chi connectivity index (χ4n) is 3.24. The summed E-state index contributed by atoms with van der Waals surface area (Å²) in [5.41, 5.74) is 2.61. The predicted molar refractivity (Wildman–Crippen MR) is 95.0 cm³/mol. The molecule has 2 N–H and O–H groups in total. The van der Waals surface area contributed by atoms with Crippen LogP contribution in [0.1, 0.15) is 42.1 Å². The molecule has 1 aliphatic heterocycles. The van der Waals surface area contributed by atoms with Crippen LogP contribution in [-0.2, 0) is 6.42 Å². The van der Waals surface area contributed by atoms with Crippen LogP contribution in [0, 0.1) is 6.92 Å². The average molecular weight is 326 g/mol. The summed E-state index contributed by atoms with van der Waals surface area (Å²) in [6, 6.07) is 8.65. The topological polar surface area (TPSA) is 61.0 Å². The van der Waals surface area contributed by atoms with Crippen molar-refractivity contribution in [2.45, 2.75) is 38.5 Å². The Morgan fingerprint density at radius 3 is 2.96 bits per heavy atom. The van der Waals surface area contributed by atoms with E-state index in [9.17, 15) is 4.79 Å². The SMILES string of the molecule is Cc1ccc(CCCNC(=O)N2CCCC(c3ncc[nH]3)C2)cc1. The third-order valence-corrected chi connectivity index (χ3v) is 4.65. The van der Waals surface area contributed by atoms with Gasteiger partial charge in [-0.25, -0.2) is 9.78 Å². The number of imidazole rings is 1. The summed E-state index contributed by atoms with van der Waals surface area (Å²) in [4.78, 5) is 21.8. The first-order valence-electron chi connectivity index (χ1n) is 8.80. The molecule has 5 nitrogen and oxygen atoms in total. The largest absolute Gasteiger partial charge is 0.348 e. The Morgan fingerprint density at radius 2 is 2.21 bits per heavy atom. The first kappa shape index (κ1) is 16.6. The van der Waals surface area contributed by atoms with Crippen molar-refractivity contribution in [1.82, 2.24) is 20.2 Å². The number of piperidine rings is 1. The number of carbonyl (C=O) groups is 1. The van der Waals surface area contributed by atoms with Gasteiger partial charge in [-0.3, -0.25) is 0 Å². The molecule has 128 valence electrons. The van der Waals surface area contributed by atoms with Crippen molar-refractivity contribution in [2.75, 3.05) is 19.6 Å². The van der Waals surface area contributed by atoms with Gasteiger partial charge in [-0.1, -0.05) is 29.8 Å². The van der Waals surface area contributed by atoms with Crippen LogP contribution in [0.5, 0.6) is 0 Å². The van der Waals surface area contributed by atoms with E-state index in [-0.39, 0.29) is 6.03 Å².